The molecule has 0 aromatic heterocycles. The summed E-state index contributed by atoms with van der Waals surface area (Å²) in [4.78, 5) is 10.5. The Bertz CT molecular complexity index is 453. The van der Waals surface area contributed by atoms with Gasteiger partial charge in [0.15, 0.2) is 5.75 Å². The molecule has 0 spiro atoms. The highest BCUT2D eigenvalue weighted by Crippen LogP contribution is 2.37. The van der Waals surface area contributed by atoms with Gasteiger partial charge in [-0.05, 0) is 37.9 Å². The average molecular weight is 271 g/mol. The molecule has 1 aliphatic carbocycles. The molecule has 1 aromatic rings. The van der Waals surface area contributed by atoms with E-state index in [1.807, 2.05) is 0 Å². The lowest BCUT2D eigenvalue weighted by Gasteiger charge is -2.19. The third-order valence-corrected chi connectivity index (χ3v) is 3.61. The van der Waals surface area contributed by atoms with Gasteiger partial charge in [-0.3, -0.25) is 10.1 Å². The summed E-state index contributed by atoms with van der Waals surface area (Å²) in [6.07, 6.45) is 2.88. The van der Waals surface area contributed by atoms with Crippen LogP contribution >= 0.6 is 11.6 Å². The molecule has 6 heteroatoms. The van der Waals surface area contributed by atoms with Gasteiger partial charge < -0.3 is 10.5 Å². The first-order chi connectivity index (χ1) is 8.63. The van der Waals surface area contributed by atoms with Gasteiger partial charge in [0, 0.05) is 5.92 Å². The highest BCUT2D eigenvalue weighted by molar-refractivity contribution is 6.32. The lowest BCUT2D eigenvalue weighted by atomic mass is 10.1. The van der Waals surface area contributed by atoms with Crippen molar-refractivity contribution in [2.24, 2.45) is 11.7 Å². The number of hydrogen-bond acceptors (Lipinski definition) is 4. The number of nitro benzene ring substituents is 1. The van der Waals surface area contributed by atoms with Gasteiger partial charge in [0.2, 0.25) is 0 Å². The Morgan fingerprint density at radius 2 is 2.28 bits per heavy atom. The lowest BCUT2D eigenvalue weighted by molar-refractivity contribution is -0.385. The van der Waals surface area contributed by atoms with Gasteiger partial charge in [-0.15, -0.1) is 0 Å². The summed E-state index contributed by atoms with van der Waals surface area (Å²) in [5, 5.41) is 11.1. The molecule has 98 valence electrons. The minimum absolute atomic E-state index is 0.0489. The van der Waals surface area contributed by atoms with E-state index in [2.05, 4.69) is 0 Å². The molecule has 0 radical (unpaired) electrons. The zero-order valence-electron chi connectivity index (χ0n) is 9.84. The molecule has 2 rings (SSSR count). The molecule has 1 aromatic carbocycles. The number of nitro groups is 1. The van der Waals surface area contributed by atoms with E-state index in [1.54, 1.807) is 12.1 Å². The number of benzene rings is 1. The summed E-state index contributed by atoms with van der Waals surface area (Å²) in [6, 6.07) is 4.72. The third-order valence-electron chi connectivity index (χ3n) is 3.30. The number of nitrogens with zero attached hydrogens (tertiary/aromatic N) is 1. The van der Waals surface area contributed by atoms with Crippen LogP contribution in [0.4, 0.5) is 5.69 Å². The second-order valence-electron chi connectivity index (χ2n) is 4.43. The SMILES string of the molecule is NCC1CCCC1Oc1cccc(Cl)c1[N+](=O)[O-]. The van der Waals surface area contributed by atoms with E-state index in [0.29, 0.717) is 6.54 Å². The molecule has 1 fully saturated rings. The van der Waals surface area contributed by atoms with Crippen LogP contribution in [0.3, 0.4) is 0 Å². The Balaban J connectivity index is 2.23. The van der Waals surface area contributed by atoms with Crippen molar-refractivity contribution in [2.75, 3.05) is 6.54 Å². The molecule has 2 N–H and O–H groups in total. The summed E-state index contributed by atoms with van der Waals surface area (Å²) in [6.45, 7) is 0.541. The molecule has 0 aliphatic heterocycles. The zero-order valence-corrected chi connectivity index (χ0v) is 10.6. The smallest absolute Gasteiger partial charge is 0.329 e. The summed E-state index contributed by atoms with van der Waals surface area (Å²) in [5.41, 5.74) is 5.50. The molecule has 1 aliphatic rings. The monoisotopic (exact) mass is 270 g/mol. The van der Waals surface area contributed by atoms with Gasteiger partial charge in [-0.25, -0.2) is 0 Å². The van der Waals surface area contributed by atoms with Crippen molar-refractivity contribution < 1.29 is 9.66 Å². The van der Waals surface area contributed by atoms with Crippen molar-refractivity contribution in [3.8, 4) is 5.75 Å². The molecule has 0 amide bonds. The first kappa shape index (κ1) is 13.1. The maximum Gasteiger partial charge on any atom is 0.329 e. The normalized spacial score (nSPS) is 23.0. The van der Waals surface area contributed by atoms with Crippen LogP contribution in [-0.2, 0) is 0 Å². The molecule has 0 bridgehead atoms. The van der Waals surface area contributed by atoms with E-state index < -0.39 is 4.92 Å². The van der Waals surface area contributed by atoms with Crippen LogP contribution in [0.15, 0.2) is 18.2 Å². The van der Waals surface area contributed by atoms with E-state index in [-0.39, 0.29) is 28.5 Å². The summed E-state index contributed by atoms with van der Waals surface area (Å²) in [5.74, 6) is 0.501. The number of halogens is 1. The van der Waals surface area contributed by atoms with Crippen LogP contribution in [0, 0.1) is 16.0 Å². The maximum atomic E-state index is 11.0. The third kappa shape index (κ3) is 2.57. The van der Waals surface area contributed by atoms with Crippen molar-refractivity contribution in [3.63, 3.8) is 0 Å². The van der Waals surface area contributed by atoms with Gasteiger partial charge in [0.05, 0.1) is 4.92 Å². The van der Waals surface area contributed by atoms with Gasteiger partial charge in [0.25, 0.3) is 0 Å². The quantitative estimate of drug-likeness (QED) is 0.674. The topological polar surface area (TPSA) is 78.4 Å². The van der Waals surface area contributed by atoms with Crippen molar-refractivity contribution in [1.29, 1.82) is 0 Å². The fraction of sp³-hybridized carbons (Fsp3) is 0.500. The van der Waals surface area contributed by atoms with Crippen LogP contribution < -0.4 is 10.5 Å². The maximum absolute atomic E-state index is 11.0. The number of hydrogen-bond donors (Lipinski definition) is 1. The molecular formula is C12H15ClN2O3. The summed E-state index contributed by atoms with van der Waals surface area (Å²) < 4.78 is 5.75. The molecule has 1 saturated carbocycles. The molecule has 0 saturated heterocycles. The minimum Gasteiger partial charge on any atom is -0.483 e. The van der Waals surface area contributed by atoms with E-state index in [1.165, 1.54) is 6.07 Å². The molecule has 2 atom stereocenters. The molecule has 2 unspecified atom stereocenters. The average Bonchev–Trinajstić information content (AvgIpc) is 2.76. The first-order valence-corrected chi connectivity index (χ1v) is 6.31. The van der Waals surface area contributed by atoms with E-state index in [4.69, 9.17) is 22.1 Å². The number of ether oxygens (including phenoxy) is 1. The number of nitrogens with two attached hydrogens (primary N) is 1. The number of para-hydroxylation sites is 1. The Hall–Kier alpha value is -1.33. The summed E-state index contributed by atoms with van der Waals surface area (Å²) >= 11 is 5.83. The Kier molecular flexibility index (Phi) is 4.04. The van der Waals surface area contributed by atoms with Crippen LogP contribution in [0.2, 0.25) is 5.02 Å². The minimum atomic E-state index is -0.510. The largest absolute Gasteiger partial charge is 0.483 e. The van der Waals surface area contributed by atoms with Gasteiger partial charge in [-0.2, -0.15) is 0 Å². The molecule has 0 heterocycles. The van der Waals surface area contributed by atoms with Crippen LogP contribution in [0.5, 0.6) is 5.75 Å². The molecule has 18 heavy (non-hydrogen) atoms. The zero-order chi connectivity index (χ0) is 13.1. The fourth-order valence-corrected chi connectivity index (χ4v) is 2.59. The summed E-state index contributed by atoms with van der Waals surface area (Å²) in [7, 11) is 0. The molecule has 5 nitrogen and oxygen atoms in total. The Morgan fingerprint density at radius 3 is 2.94 bits per heavy atom. The lowest BCUT2D eigenvalue weighted by Crippen LogP contribution is -2.27. The van der Waals surface area contributed by atoms with Crippen LogP contribution in [0.1, 0.15) is 19.3 Å². The van der Waals surface area contributed by atoms with Gasteiger partial charge in [0.1, 0.15) is 11.1 Å². The van der Waals surface area contributed by atoms with Gasteiger partial charge in [-0.1, -0.05) is 17.7 Å². The van der Waals surface area contributed by atoms with E-state index >= 15 is 0 Å². The molecular weight excluding hydrogens is 256 g/mol. The van der Waals surface area contributed by atoms with Crippen molar-refractivity contribution in [3.05, 3.63) is 33.3 Å². The van der Waals surface area contributed by atoms with Crippen molar-refractivity contribution in [2.45, 2.75) is 25.4 Å². The predicted molar refractivity (Wildman–Crippen MR) is 68.9 cm³/mol. The second kappa shape index (κ2) is 5.54. The van der Waals surface area contributed by atoms with Crippen LogP contribution in [0.25, 0.3) is 0 Å². The highest BCUT2D eigenvalue weighted by atomic mass is 35.5. The van der Waals surface area contributed by atoms with E-state index in [0.717, 1.165) is 19.3 Å². The fourth-order valence-electron chi connectivity index (χ4n) is 2.36. The van der Waals surface area contributed by atoms with E-state index in [9.17, 15) is 10.1 Å². The van der Waals surface area contributed by atoms with Crippen LogP contribution in [-0.4, -0.2) is 17.6 Å². The van der Waals surface area contributed by atoms with Crippen molar-refractivity contribution >= 4 is 17.3 Å². The van der Waals surface area contributed by atoms with Crippen molar-refractivity contribution in [1.82, 2.24) is 0 Å². The first-order valence-electron chi connectivity index (χ1n) is 5.93. The Morgan fingerprint density at radius 1 is 1.50 bits per heavy atom. The predicted octanol–water partition coefficient (Wildman–Crippen LogP) is 2.75. The standard InChI is InChI=1S/C12H15ClN2O3/c13-9-4-2-6-11(12(9)15(16)17)18-10-5-1-3-8(10)7-14/h2,4,6,8,10H,1,3,5,7,14H2. The highest BCUT2D eigenvalue weighted by Gasteiger charge is 2.30. The Labute approximate surface area is 110 Å². The second-order valence-corrected chi connectivity index (χ2v) is 4.83. The number of rotatable bonds is 4. The van der Waals surface area contributed by atoms with Gasteiger partial charge >= 0.3 is 5.69 Å².